The molecule has 0 bridgehead atoms. The van der Waals surface area contributed by atoms with E-state index >= 15 is 0 Å². The summed E-state index contributed by atoms with van der Waals surface area (Å²) in [5.74, 6) is -0.132. The van der Waals surface area contributed by atoms with Crippen LogP contribution in [0.1, 0.15) is 29.7 Å². The van der Waals surface area contributed by atoms with E-state index in [-0.39, 0.29) is 11.9 Å². The molecule has 1 atom stereocenters. The van der Waals surface area contributed by atoms with E-state index in [0.29, 0.717) is 10.6 Å². The van der Waals surface area contributed by atoms with Crippen LogP contribution in [-0.4, -0.2) is 5.91 Å². The molecule has 1 amide bonds. The van der Waals surface area contributed by atoms with Gasteiger partial charge in [-0.05, 0) is 35.8 Å². The average molecular weight is 362 g/mol. The zero-order chi connectivity index (χ0) is 18.4. The van der Waals surface area contributed by atoms with Gasteiger partial charge < -0.3 is 5.32 Å². The third-order valence-electron chi connectivity index (χ3n) is 4.18. The molecule has 3 aromatic carbocycles. The molecular formula is C23H20ClNO. The minimum absolute atomic E-state index is 0.0953. The van der Waals surface area contributed by atoms with E-state index in [1.165, 1.54) is 0 Å². The van der Waals surface area contributed by atoms with Crippen LogP contribution in [-0.2, 0) is 4.79 Å². The standard InChI is InChI=1S/C23H20ClNO/c1-17(18-10-4-2-5-11-18)25-23(26)21(19-12-6-3-7-13-19)16-20-14-8-9-15-22(20)24/h2-17H,1H3,(H,25,26)/b21-16+/t17-/m1/s1. The van der Waals surface area contributed by atoms with Crippen molar-refractivity contribution in [3.05, 3.63) is 107 Å². The van der Waals surface area contributed by atoms with Crippen molar-refractivity contribution in [3.63, 3.8) is 0 Å². The summed E-state index contributed by atoms with van der Waals surface area (Å²) in [6.45, 7) is 1.98. The van der Waals surface area contributed by atoms with Crippen molar-refractivity contribution in [1.82, 2.24) is 5.32 Å². The van der Waals surface area contributed by atoms with E-state index in [0.717, 1.165) is 16.7 Å². The Bertz CT molecular complexity index is 904. The molecule has 0 radical (unpaired) electrons. The van der Waals surface area contributed by atoms with Gasteiger partial charge in [0.1, 0.15) is 0 Å². The molecule has 0 saturated heterocycles. The van der Waals surface area contributed by atoms with Gasteiger partial charge in [-0.25, -0.2) is 0 Å². The number of nitrogens with one attached hydrogen (secondary N) is 1. The molecular weight excluding hydrogens is 342 g/mol. The molecule has 3 heteroatoms. The number of halogens is 1. The highest BCUT2D eigenvalue weighted by Crippen LogP contribution is 2.24. The van der Waals surface area contributed by atoms with Gasteiger partial charge in [-0.1, -0.05) is 90.5 Å². The second-order valence-corrected chi connectivity index (χ2v) is 6.46. The molecule has 26 heavy (non-hydrogen) atoms. The van der Waals surface area contributed by atoms with Crippen LogP contribution in [0.25, 0.3) is 11.6 Å². The third kappa shape index (κ3) is 4.41. The van der Waals surface area contributed by atoms with Crippen LogP contribution in [0, 0.1) is 0 Å². The molecule has 0 spiro atoms. The number of hydrogen-bond acceptors (Lipinski definition) is 1. The maximum absolute atomic E-state index is 13.0. The van der Waals surface area contributed by atoms with Crippen LogP contribution >= 0.6 is 11.6 Å². The van der Waals surface area contributed by atoms with Crippen molar-refractivity contribution < 1.29 is 4.79 Å². The van der Waals surface area contributed by atoms with Crippen molar-refractivity contribution in [1.29, 1.82) is 0 Å². The van der Waals surface area contributed by atoms with E-state index in [4.69, 9.17) is 11.6 Å². The Hall–Kier alpha value is -2.84. The lowest BCUT2D eigenvalue weighted by atomic mass is 10.0. The summed E-state index contributed by atoms with van der Waals surface area (Å²) in [6.07, 6.45) is 1.84. The Labute approximate surface area is 159 Å². The van der Waals surface area contributed by atoms with Crippen LogP contribution in [0.5, 0.6) is 0 Å². The van der Waals surface area contributed by atoms with Gasteiger partial charge >= 0.3 is 0 Å². The predicted molar refractivity (Wildman–Crippen MR) is 109 cm³/mol. The molecule has 0 unspecified atom stereocenters. The molecule has 0 heterocycles. The highest BCUT2D eigenvalue weighted by Gasteiger charge is 2.16. The first kappa shape index (κ1) is 18.0. The molecule has 1 N–H and O–H groups in total. The van der Waals surface area contributed by atoms with E-state index in [1.807, 2.05) is 97.9 Å². The number of rotatable bonds is 5. The fraction of sp³-hybridized carbons (Fsp3) is 0.0870. The van der Waals surface area contributed by atoms with Crippen molar-refractivity contribution in [2.75, 3.05) is 0 Å². The quantitative estimate of drug-likeness (QED) is 0.454. The second kappa shape index (κ2) is 8.50. The molecule has 2 nitrogen and oxygen atoms in total. The molecule has 3 aromatic rings. The molecule has 0 saturated carbocycles. The van der Waals surface area contributed by atoms with E-state index in [2.05, 4.69) is 5.32 Å². The largest absolute Gasteiger partial charge is 0.345 e. The molecule has 0 aromatic heterocycles. The topological polar surface area (TPSA) is 29.1 Å². The lowest BCUT2D eigenvalue weighted by molar-refractivity contribution is -0.116. The number of carbonyl (C=O) groups is 1. The first-order valence-electron chi connectivity index (χ1n) is 8.52. The highest BCUT2D eigenvalue weighted by atomic mass is 35.5. The summed E-state index contributed by atoms with van der Waals surface area (Å²) < 4.78 is 0. The summed E-state index contributed by atoms with van der Waals surface area (Å²) in [6, 6.07) is 26.9. The van der Waals surface area contributed by atoms with Gasteiger partial charge in [-0.15, -0.1) is 0 Å². The molecule has 3 rings (SSSR count). The van der Waals surface area contributed by atoms with Gasteiger partial charge in [0, 0.05) is 10.6 Å². The Morgan fingerprint density at radius 2 is 1.46 bits per heavy atom. The van der Waals surface area contributed by atoms with Gasteiger partial charge in [0.25, 0.3) is 5.91 Å². The lowest BCUT2D eigenvalue weighted by Gasteiger charge is -2.16. The number of carbonyl (C=O) groups excluding carboxylic acids is 1. The summed E-state index contributed by atoms with van der Waals surface area (Å²) in [7, 11) is 0. The number of benzene rings is 3. The summed E-state index contributed by atoms with van der Waals surface area (Å²) in [5, 5.41) is 3.70. The second-order valence-electron chi connectivity index (χ2n) is 6.05. The average Bonchev–Trinajstić information content (AvgIpc) is 2.68. The van der Waals surface area contributed by atoms with E-state index in [9.17, 15) is 4.79 Å². The Balaban J connectivity index is 1.93. The molecule has 0 aliphatic carbocycles. The third-order valence-corrected chi connectivity index (χ3v) is 4.53. The first-order chi connectivity index (χ1) is 12.6. The zero-order valence-electron chi connectivity index (χ0n) is 14.5. The van der Waals surface area contributed by atoms with Crippen LogP contribution in [0.4, 0.5) is 0 Å². The normalized spacial score (nSPS) is 12.5. The summed E-state index contributed by atoms with van der Waals surface area (Å²) in [5.41, 5.74) is 3.31. The van der Waals surface area contributed by atoms with Gasteiger partial charge in [0.05, 0.1) is 6.04 Å². The number of amides is 1. The van der Waals surface area contributed by atoms with Gasteiger partial charge in [0.2, 0.25) is 0 Å². The monoisotopic (exact) mass is 361 g/mol. The van der Waals surface area contributed by atoms with Crippen molar-refractivity contribution >= 4 is 29.2 Å². The highest BCUT2D eigenvalue weighted by molar-refractivity contribution is 6.33. The predicted octanol–water partition coefficient (Wildman–Crippen LogP) is 5.76. The lowest BCUT2D eigenvalue weighted by Crippen LogP contribution is -2.27. The van der Waals surface area contributed by atoms with Gasteiger partial charge in [-0.2, -0.15) is 0 Å². The SMILES string of the molecule is C[C@@H](NC(=O)/C(=C/c1ccccc1Cl)c1ccccc1)c1ccccc1. The minimum atomic E-state index is -0.132. The van der Waals surface area contributed by atoms with E-state index < -0.39 is 0 Å². The molecule has 0 fully saturated rings. The first-order valence-corrected chi connectivity index (χ1v) is 8.90. The maximum Gasteiger partial charge on any atom is 0.252 e. The van der Waals surface area contributed by atoms with E-state index in [1.54, 1.807) is 0 Å². The van der Waals surface area contributed by atoms with Crippen LogP contribution in [0.15, 0.2) is 84.9 Å². The smallest absolute Gasteiger partial charge is 0.252 e. The summed E-state index contributed by atoms with van der Waals surface area (Å²) >= 11 is 6.29. The Morgan fingerprint density at radius 1 is 0.885 bits per heavy atom. The fourth-order valence-electron chi connectivity index (χ4n) is 2.74. The molecule has 0 aliphatic heterocycles. The zero-order valence-corrected chi connectivity index (χ0v) is 15.3. The molecule has 0 aliphatic rings. The van der Waals surface area contributed by atoms with Crippen molar-refractivity contribution in [3.8, 4) is 0 Å². The number of hydrogen-bond donors (Lipinski definition) is 1. The van der Waals surface area contributed by atoms with Crippen LogP contribution in [0.2, 0.25) is 5.02 Å². The summed E-state index contributed by atoms with van der Waals surface area (Å²) in [4.78, 5) is 13.0. The van der Waals surface area contributed by atoms with Gasteiger partial charge in [-0.3, -0.25) is 4.79 Å². The molecule has 130 valence electrons. The van der Waals surface area contributed by atoms with Crippen LogP contribution < -0.4 is 5.32 Å². The van der Waals surface area contributed by atoms with Crippen molar-refractivity contribution in [2.45, 2.75) is 13.0 Å². The van der Waals surface area contributed by atoms with Crippen LogP contribution in [0.3, 0.4) is 0 Å². The minimum Gasteiger partial charge on any atom is -0.345 e. The fourth-order valence-corrected chi connectivity index (χ4v) is 2.94. The maximum atomic E-state index is 13.0. The van der Waals surface area contributed by atoms with Crippen molar-refractivity contribution in [2.24, 2.45) is 0 Å². The Kier molecular flexibility index (Phi) is 5.88. The Morgan fingerprint density at radius 3 is 2.12 bits per heavy atom. The van der Waals surface area contributed by atoms with Gasteiger partial charge in [0.15, 0.2) is 0 Å².